The van der Waals surface area contributed by atoms with Gasteiger partial charge in [0.1, 0.15) is 17.1 Å². The number of nitrogens with zero attached hydrogens (tertiary/aromatic N) is 2. The van der Waals surface area contributed by atoms with Crippen LogP contribution in [-0.4, -0.2) is 21.9 Å². The minimum Gasteiger partial charge on any atom is -0.494 e. The summed E-state index contributed by atoms with van der Waals surface area (Å²) < 4.78 is 7.43. The van der Waals surface area contributed by atoms with Gasteiger partial charge in [0, 0.05) is 11.9 Å². The number of ether oxygens (including phenoxy) is 1. The van der Waals surface area contributed by atoms with Gasteiger partial charge in [0.15, 0.2) is 0 Å². The number of aryl methyl sites for hydroxylation is 1. The summed E-state index contributed by atoms with van der Waals surface area (Å²) in [6.07, 6.45) is 3.98. The quantitative estimate of drug-likeness (QED) is 0.696. The van der Waals surface area contributed by atoms with Gasteiger partial charge in [0.25, 0.3) is 5.91 Å². The van der Waals surface area contributed by atoms with Crippen molar-refractivity contribution in [1.82, 2.24) is 9.38 Å². The molecule has 0 saturated heterocycles. The fourth-order valence-corrected chi connectivity index (χ4v) is 2.55. The Morgan fingerprint density at radius 2 is 2.00 bits per heavy atom. The van der Waals surface area contributed by atoms with Crippen molar-refractivity contribution in [2.24, 2.45) is 0 Å². The molecule has 0 saturated carbocycles. The molecule has 0 aliphatic rings. The highest BCUT2D eigenvalue weighted by atomic mass is 16.5. The number of hydrogen-bond acceptors (Lipinski definition) is 3. The molecule has 0 bridgehead atoms. The van der Waals surface area contributed by atoms with Gasteiger partial charge in [0.05, 0.1) is 12.3 Å². The molecule has 1 aromatic carbocycles. The summed E-state index contributed by atoms with van der Waals surface area (Å²) in [4.78, 5) is 17.0. The predicted molar refractivity (Wildman–Crippen MR) is 94.7 cm³/mol. The summed E-state index contributed by atoms with van der Waals surface area (Å²) in [7, 11) is 0. The van der Waals surface area contributed by atoms with E-state index >= 15 is 0 Å². The number of amides is 1. The maximum absolute atomic E-state index is 12.6. The first kappa shape index (κ1) is 16.1. The molecule has 0 aliphatic heterocycles. The Morgan fingerprint density at radius 1 is 1.21 bits per heavy atom. The number of imidazole rings is 1. The van der Waals surface area contributed by atoms with Crippen molar-refractivity contribution in [2.75, 3.05) is 11.9 Å². The zero-order valence-corrected chi connectivity index (χ0v) is 14.0. The summed E-state index contributed by atoms with van der Waals surface area (Å²) in [5, 5.41) is 2.92. The van der Waals surface area contributed by atoms with Gasteiger partial charge in [-0.1, -0.05) is 19.4 Å². The predicted octanol–water partition coefficient (Wildman–Crippen LogP) is 4.07. The van der Waals surface area contributed by atoms with E-state index in [9.17, 15) is 4.79 Å². The number of hydrogen-bond donors (Lipinski definition) is 1. The molecule has 124 valence electrons. The second-order valence-corrected chi connectivity index (χ2v) is 5.66. The molecule has 24 heavy (non-hydrogen) atoms. The van der Waals surface area contributed by atoms with Gasteiger partial charge in [-0.2, -0.15) is 0 Å². The molecule has 1 N–H and O–H groups in total. The summed E-state index contributed by atoms with van der Waals surface area (Å²) in [5.41, 5.74) is 2.75. The Morgan fingerprint density at radius 3 is 2.75 bits per heavy atom. The molecule has 1 amide bonds. The number of carbonyl (C=O) groups excluding carboxylic acids is 1. The summed E-state index contributed by atoms with van der Waals surface area (Å²) in [5.74, 6) is 0.637. The molecule has 0 fully saturated rings. The first-order chi connectivity index (χ1) is 11.7. The van der Waals surface area contributed by atoms with Crippen LogP contribution in [-0.2, 0) is 0 Å². The third-order valence-electron chi connectivity index (χ3n) is 3.80. The lowest BCUT2D eigenvalue weighted by Crippen LogP contribution is -2.15. The highest BCUT2D eigenvalue weighted by molar-refractivity contribution is 6.04. The van der Waals surface area contributed by atoms with Crippen LogP contribution >= 0.6 is 0 Å². The Kier molecular flexibility index (Phi) is 4.79. The average Bonchev–Trinajstić information content (AvgIpc) is 2.92. The maximum atomic E-state index is 12.6. The fraction of sp³-hybridized carbons (Fsp3) is 0.263. The van der Waals surface area contributed by atoms with Crippen LogP contribution in [0.15, 0.2) is 48.7 Å². The third kappa shape index (κ3) is 3.40. The van der Waals surface area contributed by atoms with Crippen LogP contribution in [0.4, 0.5) is 5.69 Å². The van der Waals surface area contributed by atoms with Crippen molar-refractivity contribution in [3.63, 3.8) is 0 Å². The van der Waals surface area contributed by atoms with Crippen LogP contribution in [0.25, 0.3) is 5.65 Å². The standard InChI is InChI=1S/C19H21N3O2/c1-3-4-13-24-16-10-8-15(9-11-16)21-19(23)18-14(2)20-17-7-5-6-12-22(17)18/h5-12H,3-4,13H2,1-2H3,(H,21,23). The van der Waals surface area contributed by atoms with Crippen molar-refractivity contribution >= 4 is 17.2 Å². The molecular weight excluding hydrogens is 302 g/mol. The van der Waals surface area contributed by atoms with Gasteiger partial charge in [0.2, 0.25) is 0 Å². The normalized spacial score (nSPS) is 10.8. The Labute approximate surface area is 141 Å². The minimum absolute atomic E-state index is 0.175. The van der Waals surface area contributed by atoms with Crippen molar-refractivity contribution in [1.29, 1.82) is 0 Å². The lowest BCUT2D eigenvalue weighted by molar-refractivity contribution is 0.102. The Hall–Kier alpha value is -2.82. The number of rotatable bonds is 6. The molecule has 0 atom stereocenters. The van der Waals surface area contributed by atoms with Gasteiger partial charge in [-0.15, -0.1) is 0 Å². The first-order valence-corrected chi connectivity index (χ1v) is 8.17. The molecule has 2 aromatic heterocycles. The van der Waals surface area contributed by atoms with E-state index in [-0.39, 0.29) is 5.91 Å². The number of pyridine rings is 1. The molecule has 5 nitrogen and oxygen atoms in total. The number of unbranched alkanes of at least 4 members (excludes halogenated alkanes) is 1. The van der Waals surface area contributed by atoms with Gasteiger partial charge < -0.3 is 10.1 Å². The van der Waals surface area contributed by atoms with E-state index in [2.05, 4.69) is 17.2 Å². The number of carbonyl (C=O) groups is 1. The number of fused-ring (bicyclic) bond motifs is 1. The van der Waals surface area contributed by atoms with E-state index < -0.39 is 0 Å². The van der Waals surface area contributed by atoms with E-state index in [4.69, 9.17) is 4.74 Å². The van der Waals surface area contributed by atoms with Crippen LogP contribution in [0, 0.1) is 6.92 Å². The smallest absolute Gasteiger partial charge is 0.274 e. The van der Waals surface area contributed by atoms with Gasteiger partial charge in [-0.25, -0.2) is 4.98 Å². The molecule has 0 aliphatic carbocycles. The maximum Gasteiger partial charge on any atom is 0.274 e. The molecule has 0 spiro atoms. The SMILES string of the molecule is CCCCOc1ccc(NC(=O)c2c(C)nc3ccccn23)cc1. The minimum atomic E-state index is -0.175. The molecule has 0 unspecified atom stereocenters. The van der Waals surface area contributed by atoms with Crippen LogP contribution < -0.4 is 10.1 Å². The highest BCUT2D eigenvalue weighted by Gasteiger charge is 2.16. The van der Waals surface area contributed by atoms with E-state index in [1.54, 1.807) is 4.40 Å². The van der Waals surface area contributed by atoms with Crippen LogP contribution in [0.3, 0.4) is 0 Å². The number of anilines is 1. The molecule has 3 aromatic rings. The lowest BCUT2D eigenvalue weighted by Gasteiger charge is -2.08. The summed E-state index contributed by atoms with van der Waals surface area (Å²) in [6.45, 7) is 4.68. The average molecular weight is 323 g/mol. The fourth-order valence-electron chi connectivity index (χ4n) is 2.55. The Bertz CT molecular complexity index is 837. The van der Waals surface area contributed by atoms with Crippen molar-refractivity contribution < 1.29 is 9.53 Å². The molecule has 3 rings (SSSR count). The van der Waals surface area contributed by atoms with Gasteiger partial charge >= 0.3 is 0 Å². The van der Waals surface area contributed by atoms with E-state index in [0.29, 0.717) is 18.0 Å². The molecule has 5 heteroatoms. The largest absolute Gasteiger partial charge is 0.494 e. The van der Waals surface area contributed by atoms with Gasteiger partial charge in [-0.05, 0) is 49.7 Å². The molecular formula is C19H21N3O2. The number of benzene rings is 1. The first-order valence-electron chi connectivity index (χ1n) is 8.17. The van der Waals surface area contributed by atoms with Crippen LogP contribution in [0.2, 0.25) is 0 Å². The lowest BCUT2D eigenvalue weighted by atomic mass is 10.2. The molecule has 0 radical (unpaired) electrons. The van der Waals surface area contributed by atoms with Crippen molar-refractivity contribution in [2.45, 2.75) is 26.7 Å². The summed E-state index contributed by atoms with van der Waals surface area (Å²) in [6, 6.07) is 13.1. The van der Waals surface area contributed by atoms with E-state index in [0.717, 1.165) is 29.9 Å². The monoisotopic (exact) mass is 323 g/mol. The number of aromatic nitrogens is 2. The van der Waals surface area contributed by atoms with Crippen molar-refractivity contribution in [3.8, 4) is 5.75 Å². The summed E-state index contributed by atoms with van der Waals surface area (Å²) >= 11 is 0. The molecule has 2 heterocycles. The zero-order chi connectivity index (χ0) is 16.9. The van der Waals surface area contributed by atoms with Gasteiger partial charge in [-0.3, -0.25) is 9.20 Å². The van der Waals surface area contributed by atoms with Crippen molar-refractivity contribution in [3.05, 3.63) is 60.0 Å². The second-order valence-electron chi connectivity index (χ2n) is 5.66. The van der Waals surface area contributed by atoms with Crippen LogP contribution in [0.1, 0.15) is 35.9 Å². The Balaban J connectivity index is 1.73. The zero-order valence-electron chi connectivity index (χ0n) is 14.0. The van der Waals surface area contributed by atoms with E-state index in [1.807, 2.05) is 55.6 Å². The highest BCUT2D eigenvalue weighted by Crippen LogP contribution is 2.18. The number of nitrogens with one attached hydrogen (secondary N) is 1. The van der Waals surface area contributed by atoms with Crippen LogP contribution in [0.5, 0.6) is 5.75 Å². The third-order valence-corrected chi connectivity index (χ3v) is 3.80. The second kappa shape index (κ2) is 7.17. The van der Waals surface area contributed by atoms with E-state index in [1.165, 1.54) is 0 Å². The topological polar surface area (TPSA) is 55.6 Å².